The summed E-state index contributed by atoms with van der Waals surface area (Å²) in [6, 6.07) is 0. The highest BCUT2D eigenvalue weighted by atomic mass is 16.6. The Morgan fingerprint density at radius 1 is 0.889 bits per heavy atom. The van der Waals surface area contributed by atoms with E-state index in [2.05, 4.69) is 0 Å². The summed E-state index contributed by atoms with van der Waals surface area (Å²) in [6.45, 7) is 0. The van der Waals surface area contributed by atoms with Crippen molar-refractivity contribution in [3.63, 3.8) is 0 Å². The molecule has 0 heterocycles. The SMILES string of the molecule is C1CCCC1.O=C(O)O. The Kier molecular flexibility index (Phi) is 4.97. The van der Waals surface area contributed by atoms with E-state index in [0.29, 0.717) is 0 Å². The Hall–Kier alpha value is -0.730. The summed E-state index contributed by atoms with van der Waals surface area (Å²) in [5.41, 5.74) is 0. The fraction of sp³-hybridized carbons (Fsp3) is 0.833. The highest BCUT2D eigenvalue weighted by Crippen LogP contribution is 2.15. The maximum atomic E-state index is 8.56. The molecular formula is C6H12O3. The summed E-state index contributed by atoms with van der Waals surface area (Å²) in [5.74, 6) is 0. The zero-order valence-electron chi connectivity index (χ0n) is 5.34. The molecule has 54 valence electrons. The average molecular weight is 132 g/mol. The molecular weight excluding hydrogens is 120 g/mol. The van der Waals surface area contributed by atoms with E-state index in [9.17, 15) is 0 Å². The molecule has 0 aliphatic heterocycles. The van der Waals surface area contributed by atoms with Crippen molar-refractivity contribution < 1.29 is 15.0 Å². The van der Waals surface area contributed by atoms with Crippen LogP contribution in [0.2, 0.25) is 0 Å². The Bertz CT molecular complexity index is 64.8. The lowest BCUT2D eigenvalue weighted by Gasteiger charge is -1.67. The van der Waals surface area contributed by atoms with Gasteiger partial charge in [0.15, 0.2) is 0 Å². The molecule has 0 aromatic heterocycles. The second-order valence-corrected chi connectivity index (χ2v) is 2.05. The van der Waals surface area contributed by atoms with Gasteiger partial charge in [-0.05, 0) is 0 Å². The zero-order chi connectivity index (χ0) is 7.11. The minimum Gasteiger partial charge on any atom is -0.450 e. The van der Waals surface area contributed by atoms with Crippen LogP contribution in [0.5, 0.6) is 0 Å². The Morgan fingerprint density at radius 2 is 1.00 bits per heavy atom. The first-order valence-corrected chi connectivity index (χ1v) is 3.15. The molecule has 0 unspecified atom stereocenters. The van der Waals surface area contributed by atoms with E-state index in [4.69, 9.17) is 15.0 Å². The molecule has 0 aromatic carbocycles. The summed E-state index contributed by atoms with van der Waals surface area (Å²) >= 11 is 0. The Morgan fingerprint density at radius 3 is 1.11 bits per heavy atom. The molecule has 1 saturated carbocycles. The van der Waals surface area contributed by atoms with Gasteiger partial charge in [-0.3, -0.25) is 0 Å². The molecule has 1 aliphatic rings. The van der Waals surface area contributed by atoms with Gasteiger partial charge in [0.05, 0.1) is 0 Å². The maximum Gasteiger partial charge on any atom is 0.503 e. The predicted octanol–water partition coefficient (Wildman–Crippen LogP) is 2.17. The molecule has 0 bridgehead atoms. The van der Waals surface area contributed by atoms with Crippen molar-refractivity contribution in [3.05, 3.63) is 0 Å². The van der Waals surface area contributed by atoms with Crippen LogP contribution < -0.4 is 0 Å². The van der Waals surface area contributed by atoms with Gasteiger partial charge in [0, 0.05) is 0 Å². The fourth-order valence-electron chi connectivity index (χ4n) is 0.884. The van der Waals surface area contributed by atoms with Crippen molar-refractivity contribution >= 4 is 6.16 Å². The zero-order valence-corrected chi connectivity index (χ0v) is 5.34. The molecule has 0 atom stereocenters. The third-order valence-electron chi connectivity index (χ3n) is 1.25. The van der Waals surface area contributed by atoms with E-state index >= 15 is 0 Å². The first-order chi connectivity index (χ1) is 4.23. The Labute approximate surface area is 54.3 Å². The first-order valence-electron chi connectivity index (χ1n) is 3.15. The second-order valence-electron chi connectivity index (χ2n) is 2.05. The fourth-order valence-corrected chi connectivity index (χ4v) is 0.884. The molecule has 1 rings (SSSR count). The van der Waals surface area contributed by atoms with Crippen LogP contribution in [0.3, 0.4) is 0 Å². The number of hydrogen-bond donors (Lipinski definition) is 2. The van der Waals surface area contributed by atoms with E-state index in [1.165, 1.54) is 32.1 Å². The maximum absolute atomic E-state index is 8.56. The monoisotopic (exact) mass is 132 g/mol. The molecule has 2 N–H and O–H groups in total. The van der Waals surface area contributed by atoms with Crippen molar-refractivity contribution in [2.45, 2.75) is 32.1 Å². The van der Waals surface area contributed by atoms with E-state index in [1.807, 2.05) is 0 Å². The molecule has 1 fully saturated rings. The van der Waals surface area contributed by atoms with Crippen molar-refractivity contribution in [3.8, 4) is 0 Å². The van der Waals surface area contributed by atoms with Gasteiger partial charge < -0.3 is 10.2 Å². The number of hydrogen-bond acceptors (Lipinski definition) is 1. The lowest BCUT2D eigenvalue weighted by Crippen LogP contribution is -1.81. The molecule has 3 heteroatoms. The van der Waals surface area contributed by atoms with Crippen LogP contribution in [0.4, 0.5) is 4.79 Å². The summed E-state index contributed by atoms with van der Waals surface area (Å²) in [5, 5.41) is 13.9. The highest BCUT2D eigenvalue weighted by Gasteiger charge is 1.95. The number of rotatable bonds is 0. The first kappa shape index (κ1) is 8.27. The molecule has 3 nitrogen and oxygen atoms in total. The molecule has 0 aromatic rings. The van der Waals surface area contributed by atoms with Gasteiger partial charge in [-0.15, -0.1) is 0 Å². The summed E-state index contributed by atoms with van der Waals surface area (Å²) in [6.07, 6.45) is 5.67. The quantitative estimate of drug-likeness (QED) is 0.531. The largest absolute Gasteiger partial charge is 0.503 e. The van der Waals surface area contributed by atoms with Gasteiger partial charge in [0.2, 0.25) is 0 Å². The standard InChI is InChI=1S/C5H10.CH2O3/c1-2-4-5-3-1;2-1(3)4/h1-5H2;(H2,2,3,4). The predicted molar refractivity (Wildman–Crippen MR) is 33.7 cm³/mol. The van der Waals surface area contributed by atoms with Crippen molar-refractivity contribution in [2.24, 2.45) is 0 Å². The third kappa shape index (κ3) is 11.1. The van der Waals surface area contributed by atoms with Gasteiger partial charge in [-0.25, -0.2) is 4.79 Å². The van der Waals surface area contributed by atoms with Crippen LogP contribution in [0.25, 0.3) is 0 Å². The third-order valence-corrected chi connectivity index (χ3v) is 1.25. The Balaban J connectivity index is 0.000000148. The van der Waals surface area contributed by atoms with Crippen LogP contribution in [0.1, 0.15) is 32.1 Å². The summed E-state index contributed by atoms with van der Waals surface area (Å²) < 4.78 is 0. The lowest BCUT2D eigenvalue weighted by molar-refractivity contribution is 0.137. The topological polar surface area (TPSA) is 57.5 Å². The molecule has 0 radical (unpaired) electrons. The minimum atomic E-state index is -1.83. The number of carboxylic acid groups (broad SMARTS) is 2. The van der Waals surface area contributed by atoms with Crippen LogP contribution in [-0.2, 0) is 0 Å². The van der Waals surface area contributed by atoms with E-state index in [0.717, 1.165) is 0 Å². The molecule has 0 spiro atoms. The van der Waals surface area contributed by atoms with E-state index < -0.39 is 6.16 Å². The van der Waals surface area contributed by atoms with Gasteiger partial charge >= 0.3 is 6.16 Å². The van der Waals surface area contributed by atoms with Crippen LogP contribution in [0.15, 0.2) is 0 Å². The van der Waals surface area contributed by atoms with E-state index in [-0.39, 0.29) is 0 Å². The lowest BCUT2D eigenvalue weighted by atomic mass is 10.4. The van der Waals surface area contributed by atoms with Gasteiger partial charge in [0.1, 0.15) is 0 Å². The molecule has 1 aliphatic carbocycles. The van der Waals surface area contributed by atoms with Crippen LogP contribution >= 0.6 is 0 Å². The summed E-state index contributed by atoms with van der Waals surface area (Å²) in [7, 11) is 0. The van der Waals surface area contributed by atoms with Gasteiger partial charge in [0.25, 0.3) is 0 Å². The van der Waals surface area contributed by atoms with E-state index in [1.54, 1.807) is 0 Å². The second kappa shape index (κ2) is 5.41. The highest BCUT2D eigenvalue weighted by molar-refractivity contribution is 5.53. The van der Waals surface area contributed by atoms with Crippen molar-refractivity contribution in [1.82, 2.24) is 0 Å². The van der Waals surface area contributed by atoms with Crippen LogP contribution in [0, 0.1) is 0 Å². The molecule has 0 amide bonds. The summed E-state index contributed by atoms with van der Waals surface area (Å²) in [4.78, 5) is 8.56. The van der Waals surface area contributed by atoms with Crippen molar-refractivity contribution in [2.75, 3.05) is 0 Å². The minimum absolute atomic E-state index is 1.50. The van der Waals surface area contributed by atoms with Crippen LogP contribution in [-0.4, -0.2) is 16.4 Å². The van der Waals surface area contributed by atoms with Crippen molar-refractivity contribution in [1.29, 1.82) is 0 Å². The number of carbonyl (C=O) groups is 1. The van der Waals surface area contributed by atoms with Gasteiger partial charge in [-0.2, -0.15) is 0 Å². The normalized spacial score (nSPS) is 16.0. The molecule has 9 heavy (non-hydrogen) atoms. The smallest absolute Gasteiger partial charge is 0.450 e. The van der Waals surface area contributed by atoms with Gasteiger partial charge in [-0.1, -0.05) is 32.1 Å². The molecule has 0 saturated heterocycles. The average Bonchev–Trinajstić information content (AvgIpc) is 2.11.